The summed E-state index contributed by atoms with van der Waals surface area (Å²) in [6.45, 7) is 5.75. The van der Waals surface area contributed by atoms with Crippen LogP contribution in [0.2, 0.25) is 4.34 Å². The Hall–Kier alpha value is -1.48. The molecule has 2 N–H and O–H groups in total. The van der Waals surface area contributed by atoms with E-state index in [0.717, 1.165) is 30.8 Å². The number of rotatable bonds is 7. The van der Waals surface area contributed by atoms with Crippen LogP contribution in [0.25, 0.3) is 0 Å². The van der Waals surface area contributed by atoms with Crippen molar-refractivity contribution in [2.45, 2.75) is 39.2 Å². The van der Waals surface area contributed by atoms with Crippen LogP contribution in [0.3, 0.4) is 0 Å². The van der Waals surface area contributed by atoms with E-state index in [9.17, 15) is 4.79 Å². The minimum absolute atomic E-state index is 0.00225. The minimum Gasteiger partial charge on any atom is -0.384 e. The molecule has 1 fully saturated rings. The van der Waals surface area contributed by atoms with Crippen LogP contribution in [-0.4, -0.2) is 42.5 Å². The second kappa shape index (κ2) is 8.90. The molecule has 1 aliphatic rings. The Morgan fingerprint density at radius 1 is 1.46 bits per heavy atom. The van der Waals surface area contributed by atoms with Crippen LogP contribution in [0, 0.1) is 11.2 Å². The molecular weight excluding hydrogens is 403 g/mol. The third-order valence-electron chi connectivity index (χ3n) is 4.91. The molecule has 154 valence electrons. The van der Waals surface area contributed by atoms with Gasteiger partial charge < -0.3 is 15.4 Å². The van der Waals surface area contributed by atoms with Gasteiger partial charge in [-0.1, -0.05) is 11.6 Å². The molecule has 9 heteroatoms. The Bertz CT molecular complexity index is 830. The van der Waals surface area contributed by atoms with E-state index < -0.39 is 11.2 Å². The number of hydrogen-bond acceptors (Lipinski definition) is 6. The molecule has 0 spiro atoms. The van der Waals surface area contributed by atoms with Crippen LogP contribution in [-0.2, 0) is 11.3 Å². The first kappa shape index (κ1) is 21.2. The van der Waals surface area contributed by atoms with Gasteiger partial charge in [-0.15, -0.1) is 11.3 Å². The summed E-state index contributed by atoms with van der Waals surface area (Å²) in [7, 11) is 1.54. The zero-order valence-electron chi connectivity index (χ0n) is 16.3. The normalized spacial score (nSPS) is 15.8. The maximum absolute atomic E-state index is 15.3. The van der Waals surface area contributed by atoms with Crippen LogP contribution >= 0.6 is 22.9 Å². The van der Waals surface area contributed by atoms with Gasteiger partial charge >= 0.3 is 0 Å². The summed E-state index contributed by atoms with van der Waals surface area (Å²) in [4.78, 5) is 14.1. The number of carbonyl (C=O) groups is 1. The van der Waals surface area contributed by atoms with Gasteiger partial charge in [0.05, 0.1) is 22.9 Å². The lowest BCUT2D eigenvalue weighted by molar-refractivity contribution is 0.0528. The Morgan fingerprint density at radius 3 is 2.79 bits per heavy atom. The van der Waals surface area contributed by atoms with E-state index in [0.29, 0.717) is 16.6 Å². The number of nitrogens with zero attached hydrogens (tertiary/aromatic N) is 2. The summed E-state index contributed by atoms with van der Waals surface area (Å²) in [5.74, 6) is -0.652. The van der Waals surface area contributed by atoms with Gasteiger partial charge in [0.2, 0.25) is 0 Å². The highest BCUT2D eigenvalue weighted by Gasteiger charge is 2.35. The third kappa shape index (κ3) is 4.56. The van der Waals surface area contributed by atoms with Crippen molar-refractivity contribution in [3.63, 3.8) is 0 Å². The number of piperidine rings is 1. The molecular formula is C19H26ClFN4O2S. The standard InChI is InChI=1S/C19H26ClFN4O2S/c1-19(2,11-27-3)18(26)25-17(23-10-13-4-5-14(20)28-13)15(21)16(24-25)12-6-8-22-9-7-12/h4-5,12,22-23H,6-11H2,1-3H3. The van der Waals surface area contributed by atoms with E-state index in [1.54, 1.807) is 27.0 Å². The van der Waals surface area contributed by atoms with Crippen LogP contribution in [0.4, 0.5) is 10.2 Å². The van der Waals surface area contributed by atoms with Crippen LogP contribution in [0.1, 0.15) is 48.0 Å². The number of thiophene rings is 1. The fourth-order valence-corrected chi connectivity index (χ4v) is 4.43. The second-order valence-corrected chi connectivity index (χ2v) is 9.46. The van der Waals surface area contributed by atoms with E-state index in [-0.39, 0.29) is 24.2 Å². The molecule has 0 aliphatic carbocycles. The maximum Gasteiger partial charge on any atom is 0.256 e. The minimum atomic E-state index is -0.832. The number of hydrogen-bond donors (Lipinski definition) is 2. The van der Waals surface area contributed by atoms with Crippen molar-refractivity contribution in [2.24, 2.45) is 5.41 Å². The van der Waals surface area contributed by atoms with Crippen LogP contribution < -0.4 is 10.6 Å². The fraction of sp³-hybridized carbons (Fsp3) is 0.579. The first-order chi connectivity index (χ1) is 13.3. The molecule has 0 atom stereocenters. The first-order valence-corrected chi connectivity index (χ1v) is 10.5. The average molecular weight is 429 g/mol. The van der Waals surface area contributed by atoms with E-state index in [2.05, 4.69) is 15.7 Å². The van der Waals surface area contributed by atoms with Crippen LogP contribution in [0.5, 0.6) is 0 Å². The number of anilines is 1. The lowest BCUT2D eigenvalue weighted by Crippen LogP contribution is -2.35. The molecule has 28 heavy (non-hydrogen) atoms. The van der Waals surface area contributed by atoms with Gasteiger partial charge in [-0.05, 0) is 51.9 Å². The number of halogens is 2. The Kier molecular flexibility index (Phi) is 6.75. The molecule has 0 amide bonds. The van der Waals surface area contributed by atoms with Crippen molar-refractivity contribution in [2.75, 3.05) is 32.1 Å². The number of nitrogens with one attached hydrogen (secondary N) is 2. The van der Waals surface area contributed by atoms with Gasteiger partial charge in [0.25, 0.3) is 5.91 Å². The zero-order chi connectivity index (χ0) is 20.3. The van der Waals surface area contributed by atoms with Crippen molar-refractivity contribution in [3.8, 4) is 0 Å². The molecule has 6 nitrogen and oxygen atoms in total. The van der Waals surface area contributed by atoms with Crippen molar-refractivity contribution < 1.29 is 13.9 Å². The molecule has 0 saturated carbocycles. The van der Waals surface area contributed by atoms with Gasteiger partial charge in [0.15, 0.2) is 11.6 Å². The van der Waals surface area contributed by atoms with E-state index >= 15 is 4.39 Å². The molecule has 2 aromatic heterocycles. The van der Waals surface area contributed by atoms with Gasteiger partial charge in [0.1, 0.15) is 5.69 Å². The highest BCUT2D eigenvalue weighted by Crippen LogP contribution is 2.32. The summed E-state index contributed by atoms with van der Waals surface area (Å²) >= 11 is 7.39. The first-order valence-electron chi connectivity index (χ1n) is 9.34. The molecule has 1 aliphatic heterocycles. The second-order valence-electron chi connectivity index (χ2n) is 7.67. The highest BCUT2D eigenvalue weighted by molar-refractivity contribution is 7.16. The van der Waals surface area contributed by atoms with Gasteiger partial charge in [0, 0.05) is 17.9 Å². The van der Waals surface area contributed by atoms with Gasteiger partial charge in [-0.3, -0.25) is 4.79 Å². The largest absolute Gasteiger partial charge is 0.384 e. The predicted octanol–water partition coefficient (Wildman–Crippen LogP) is 4.13. The molecule has 0 unspecified atom stereocenters. The average Bonchev–Trinajstić information content (AvgIpc) is 3.23. The monoisotopic (exact) mass is 428 g/mol. The number of methoxy groups -OCH3 is 1. The number of aromatic nitrogens is 2. The zero-order valence-corrected chi connectivity index (χ0v) is 17.9. The lowest BCUT2D eigenvalue weighted by Gasteiger charge is -2.22. The van der Waals surface area contributed by atoms with Crippen molar-refractivity contribution in [3.05, 3.63) is 32.9 Å². The van der Waals surface area contributed by atoms with Crippen molar-refractivity contribution >= 4 is 34.7 Å². The maximum atomic E-state index is 15.3. The van der Waals surface area contributed by atoms with E-state index in [4.69, 9.17) is 16.3 Å². The topological polar surface area (TPSA) is 68.2 Å². The fourth-order valence-electron chi connectivity index (χ4n) is 3.40. The number of carbonyl (C=O) groups excluding carboxylic acids is 1. The summed E-state index contributed by atoms with van der Waals surface area (Å²) in [6.07, 6.45) is 1.59. The van der Waals surface area contributed by atoms with E-state index in [1.807, 2.05) is 6.07 Å². The number of ether oxygens (including phenoxy) is 1. The van der Waals surface area contributed by atoms with E-state index in [1.165, 1.54) is 16.0 Å². The molecule has 3 rings (SSSR count). The summed E-state index contributed by atoms with van der Waals surface area (Å²) in [6, 6.07) is 3.67. The molecule has 0 radical (unpaired) electrons. The van der Waals surface area contributed by atoms with Gasteiger partial charge in [-0.2, -0.15) is 9.78 Å². The SMILES string of the molecule is COCC(C)(C)C(=O)n1nc(C2CCNCC2)c(F)c1NCc1ccc(Cl)s1. The van der Waals surface area contributed by atoms with Crippen LogP contribution in [0.15, 0.2) is 12.1 Å². The Balaban J connectivity index is 1.93. The summed E-state index contributed by atoms with van der Waals surface area (Å²) in [5.41, 5.74) is -0.476. The Labute approximate surface area is 173 Å². The quantitative estimate of drug-likeness (QED) is 0.694. The molecule has 2 aromatic rings. The summed E-state index contributed by atoms with van der Waals surface area (Å²) in [5, 5.41) is 10.8. The highest BCUT2D eigenvalue weighted by atomic mass is 35.5. The van der Waals surface area contributed by atoms with Gasteiger partial charge in [-0.25, -0.2) is 4.39 Å². The Morgan fingerprint density at radius 2 is 2.18 bits per heavy atom. The molecule has 3 heterocycles. The summed E-state index contributed by atoms with van der Waals surface area (Å²) < 4.78 is 22.4. The molecule has 0 bridgehead atoms. The predicted molar refractivity (Wildman–Crippen MR) is 110 cm³/mol. The van der Waals surface area contributed by atoms with Crippen molar-refractivity contribution in [1.29, 1.82) is 0 Å². The molecule has 1 saturated heterocycles. The van der Waals surface area contributed by atoms with Crippen molar-refractivity contribution in [1.82, 2.24) is 15.1 Å². The smallest absolute Gasteiger partial charge is 0.256 e. The molecule has 0 aromatic carbocycles. The third-order valence-corrected chi connectivity index (χ3v) is 6.14. The lowest BCUT2D eigenvalue weighted by atomic mass is 9.94.